The Labute approximate surface area is 96.4 Å². The van der Waals surface area contributed by atoms with E-state index >= 15 is 0 Å². The molecule has 0 saturated carbocycles. The van der Waals surface area contributed by atoms with Gasteiger partial charge in [-0.2, -0.15) is 0 Å². The number of piperazine rings is 1. The predicted octanol–water partition coefficient (Wildman–Crippen LogP) is 0.817. The number of nitrogens with one attached hydrogen (secondary N) is 1. The maximum absolute atomic E-state index is 5.48. The molecular weight excluding hydrogens is 200 g/mol. The zero-order chi connectivity index (χ0) is 10.8. The summed E-state index contributed by atoms with van der Waals surface area (Å²) >= 11 is 0. The van der Waals surface area contributed by atoms with Gasteiger partial charge in [-0.3, -0.25) is 4.90 Å². The van der Waals surface area contributed by atoms with E-state index in [2.05, 4.69) is 40.5 Å². The summed E-state index contributed by atoms with van der Waals surface area (Å²) < 4.78 is 5.48. The van der Waals surface area contributed by atoms with E-state index in [0.29, 0.717) is 0 Å². The Balaban J connectivity index is 1.87. The Bertz CT molecular complexity index is 342. The summed E-state index contributed by atoms with van der Waals surface area (Å²) in [5.74, 6) is 0. The van der Waals surface area contributed by atoms with Gasteiger partial charge in [0.05, 0.1) is 18.8 Å². The van der Waals surface area contributed by atoms with Crippen molar-refractivity contribution >= 4 is 0 Å². The van der Waals surface area contributed by atoms with E-state index in [4.69, 9.17) is 4.74 Å². The average Bonchev–Trinajstić information content (AvgIpc) is 2.31. The number of nitrogens with zero attached hydrogens (tertiary/aromatic N) is 1. The second kappa shape index (κ2) is 4.17. The number of rotatable bonds is 2. The van der Waals surface area contributed by atoms with Gasteiger partial charge in [0.1, 0.15) is 0 Å². The van der Waals surface area contributed by atoms with Gasteiger partial charge in [0.2, 0.25) is 0 Å². The molecule has 2 aliphatic heterocycles. The van der Waals surface area contributed by atoms with E-state index in [0.717, 1.165) is 39.4 Å². The molecule has 2 saturated heterocycles. The summed E-state index contributed by atoms with van der Waals surface area (Å²) in [5.41, 5.74) is 1.56. The molecule has 0 unspecified atom stereocenters. The van der Waals surface area contributed by atoms with Crippen LogP contribution < -0.4 is 5.32 Å². The number of ether oxygens (including phenoxy) is 1. The molecule has 0 spiro atoms. The molecule has 16 heavy (non-hydrogen) atoms. The van der Waals surface area contributed by atoms with Gasteiger partial charge in [0, 0.05) is 26.2 Å². The summed E-state index contributed by atoms with van der Waals surface area (Å²) in [7, 11) is 0. The minimum Gasteiger partial charge on any atom is -0.377 e. The molecule has 0 radical (unpaired) electrons. The Morgan fingerprint density at radius 2 is 1.75 bits per heavy atom. The van der Waals surface area contributed by atoms with Crippen molar-refractivity contribution < 1.29 is 4.74 Å². The third-order valence-electron chi connectivity index (χ3n) is 3.72. The van der Waals surface area contributed by atoms with Gasteiger partial charge in [-0.25, -0.2) is 0 Å². The lowest BCUT2D eigenvalue weighted by molar-refractivity contribution is -0.149. The number of benzene rings is 1. The standard InChI is InChI=1S/C13H18N2O/c1-2-4-12(5-3-1)13(10-16-11-13)15-8-6-14-7-9-15/h1-5,14H,6-11H2. The van der Waals surface area contributed by atoms with Gasteiger partial charge in [-0.15, -0.1) is 0 Å². The van der Waals surface area contributed by atoms with Crippen molar-refractivity contribution in [2.24, 2.45) is 0 Å². The molecule has 0 aliphatic carbocycles. The van der Waals surface area contributed by atoms with E-state index in [1.807, 2.05) is 0 Å². The highest BCUT2D eigenvalue weighted by Gasteiger charge is 2.45. The monoisotopic (exact) mass is 218 g/mol. The third kappa shape index (κ3) is 1.56. The molecule has 2 aliphatic rings. The second-order valence-corrected chi connectivity index (χ2v) is 4.63. The molecule has 3 rings (SSSR count). The summed E-state index contributed by atoms with van der Waals surface area (Å²) in [5, 5.41) is 3.40. The quantitative estimate of drug-likeness (QED) is 0.795. The zero-order valence-electron chi connectivity index (χ0n) is 9.48. The van der Waals surface area contributed by atoms with E-state index < -0.39 is 0 Å². The van der Waals surface area contributed by atoms with Gasteiger partial charge in [0.15, 0.2) is 0 Å². The molecule has 2 fully saturated rings. The topological polar surface area (TPSA) is 24.5 Å². The SMILES string of the molecule is c1ccc(C2(N3CCNCC3)COC2)cc1. The van der Waals surface area contributed by atoms with Crippen LogP contribution in [0.2, 0.25) is 0 Å². The first kappa shape index (κ1) is 10.3. The molecule has 0 bridgehead atoms. The molecule has 1 N–H and O–H groups in total. The van der Waals surface area contributed by atoms with Gasteiger partial charge in [-0.1, -0.05) is 30.3 Å². The van der Waals surface area contributed by atoms with Crippen molar-refractivity contribution in [1.29, 1.82) is 0 Å². The van der Waals surface area contributed by atoms with Crippen LogP contribution in [0.3, 0.4) is 0 Å². The van der Waals surface area contributed by atoms with Crippen molar-refractivity contribution in [2.75, 3.05) is 39.4 Å². The van der Waals surface area contributed by atoms with E-state index in [1.165, 1.54) is 5.56 Å². The lowest BCUT2D eigenvalue weighted by Crippen LogP contribution is -2.63. The molecular formula is C13H18N2O. The fourth-order valence-corrected chi connectivity index (χ4v) is 2.67. The first-order valence-corrected chi connectivity index (χ1v) is 6.01. The van der Waals surface area contributed by atoms with Crippen LogP contribution in [0.15, 0.2) is 30.3 Å². The summed E-state index contributed by atoms with van der Waals surface area (Å²) in [6.07, 6.45) is 0. The molecule has 1 aromatic carbocycles. The van der Waals surface area contributed by atoms with Crippen molar-refractivity contribution in [3.05, 3.63) is 35.9 Å². The highest BCUT2D eigenvalue weighted by molar-refractivity contribution is 5.27. The highest BCUT2D eigenvalue weighted by atomic mass is 16.5. The van der Waals surface area contributed by atoms with Crippen molar-refractivity contribution in [3.63, 3.8) is 0 Å². The first-order valence-electron chi connectivity index (χ1n) is 6.01. The lowest BCUT2D eigenvalue weighted by atomic mass is 9.85. The maximum atomic E-state index is 5.48. The summed E-state index contributed by atoms with van der Waals surface area (Å²) in [6.45, 7) is 6.12. The molecule has 0 amide bonds. The van der Waals surface area contributed by atoms with Crippen LogP contribution in [0.5, 0.6) is 0 Å². The van der Waals surface area contributed by atoms with Crippen LogP contribution in [-0.4, -0.2) is 44.3 Å². The molecule has 0 aromatic heterocycles. The average molecular weight is 218 g/mol. The maximum Gasteiger partial charge on any atom is 0.0934 e. The predicted molar refractivity (Wildman–Crippen MR) is 63.4 cm³/mol. The fourth-order valence-electron chi connectivity index (χ4n) is 2.67. The van der Waals surface area contributed by atoms with Crippen LogP contribution in [0.1, 0.15) is 5.56 Å². The Kier molecular flexibility index (Phi) is 2.67. The van der Waals surface area contributed by atoms with Crippen molar-refractivity contribution in [3.8, 4) is 0 Å². The van der Waals surface area contributed by atoms with Crippen LogP contribution in [0, 0.1) is 0 Å². The van der Waals surface area contributed by atoms with Crippen LogP contribution in [0.25, 0.3) is 0 Å². The van der Waals surface area contributed by atoms with Crippen molar-refractivity contribution in [1.82, 2.24) is 10.2 Å². The third-order valence-corrected chi connectivity index (χ3v) is 3.72. The second-order valence-electron chi connectivity index (χ2n) is 4.63. The van der Waals surface area contributed by atoms with E-state index in [9.17, 15) is 0 Å². The smallest absolute Gasteiger partial charge is 0.0934 e. The number of hydrogen-bond acceptors (Lipinski definition) is 3. The minimum absolute atomic E-state index is 0.156. The first-order chi connectivity index (χ1) is 7.92. The Morgan fingerprint density at radius 3 is 2.31 bits per heavy atom. The summed E-state index contributed by atoms with van der Waals surface area (Å²) in [6, 6.07) is 10.8. The van der Waals surface area contributed by atoms with Gasteiger partial charge >= 0.3 is 0 Å². The van der Waals surface area contributed by atoms with Gasteiger partial charge in [-0.05, 0) is 5.56 Å². The van der Waals surface area contributed by atoms with E-state index in [1.54, 1.807) is 0 Å². The molecule has 1 aromatic rings. The zero-order valence-corrected chi connectivity index (χ0v) is 9.48. The summed E-state index contributed by atoms with van der Waals surface area (Å²) in [4.78, 5) is 2.57. The molecule has 3 nitrogen and oxygen atoms in total. The normalized spacial score (nSPS) is 25.0. The van der Waals surface area contributed by atoms with Crippen LogP contribution in [-0.2, 0) is 10.3 Å². The highest BCUT2D eigenvalue weighted by Crippen LogP contribution is 2.35. The van der Waals surface area contributed by atoms with Crippen LogP contribution in [0.4, 0.5) is 0 Å². The lowest BCUT2D eigenvalue weighted by Gasteiger charge is -2.51. The molecule has 0 atom stereocenters. The minimum atomic E-state index is 0.156. The Hall–Kier alpha value is -0.900. The largest absolute Gasteiger partial charge is 0.377 e. The van der Waals surface area contributed by atoms with Crippen LogP contribution >= 0.6 is 0 Å². The fraction of sp³-hybridized carbons (Fsp3) is 0.538. The van der Waals surface area contributed by atoms with Gasteiger partial charge in [0.25, 0.3) is 0 Å². The number of hydrogen-bond donors (Lipinski definition) is 1. The molecule has 86 valence electrons. The van der Waals surface area contributed by atoms with E-state index in [-0.39, 0.29) is 5.54 Å². The van der Waals surface area contributed by atoms with Crippen molar-refractivity contribution in [2.45, 2.75) is 5.54 Å². The Morgan fingerprint density at radius 1 is 1.06 bits per heavy atom. The van der Waals surface area contributed by atoms with Gasteiger partial charge < -0.3 is 10.1 Å². The molecule has 2 heterocycles. The molecule has 3 heteroatoms.